The first-order valence-corrected chi connectivity index (χ1v) is 15.5. The van der Waals surface area contributed by atoms with Crippen LogP contribution in [0, 0.1) is 17.8 Å². The van der Waals surface area contributed by atoms with Crippen LogP contribution in [0.5, 0.6) is 11.5 Å². The van der Waals surface area contributed by atoms with Gasteiger partial charge in [0.05, 0.1) is 13.7 Å². The average molecular weight is 593 g/mol. The van der Waals surface area contributed by atoms with Gasteiger partial charge < -0.3 is 19.7 Å². The maximum atomic E-state index is 13.7. The molecular formula is C33H40N2O6S. The fraction of sp³-hybridized carbons (Fsp3) is 0.394. The van der Waals surface area contributed by atoms with Crippen molar-refractivity contribution in [1.29, 1.82) is 0 Å². The van der Waals surface area contributed by atoms with Gasteiger partial charge in [0.25, 0.3) is 0 Å². The van der Waals surface area contributed by atoms with Crippen LogP contribution in [0.15, 0.2) is 71.6 Å². The Labute approximate surface area is 249 Å². The third-order valence-corrected chi connectivity index (χ3v) is 9.41. The quantitative estimate of drug-likeness (QED) is 0.382. The van der Waals surface area contributed by atoms with Crippen LogP contribution in [0.4, 0.5) is 0 Å². The Kier molecular flexibility index (Phi) is 10.3. The molecule has 0 saturated heterocycles. The first kappa shape index (κ1) is 31.5. The largest absolute Gasteiger partial charge is 0.497 e. The molecule has 0 spiro atoms. The van der Waals surface area contributed by atoms with Gasteiger partial charge in [-0.15, -0.1) is 0 Å². The second kappa shape index (κ2) is 13.7. The molecule has 0 unspecified atom stereocenters. The van der Waals surface area contributed by atoms with E-state index in [2.05, 4.69) is 47.1 Å². The molecule has 4 rings (SSSR count). The van der Waals surface area contributed by atoms with Crippen molar-refractivity contribution in [2.24, 2.45) is 5.92 Å². The first-order chi connectivity index (χ1) is 20.0. The Morgan fingerprint density at radius 3 is 2.50 bits per heavy atom. The molecule has 224 valence electrons. The van der Waals surface area contributed by atoms with Crippen molar-refractivity contribution in [3.63, 3.8) is 0 Å². The van der Waals surface area contributed by atoms with Crippen LogP contribution in [0.25, 0.3) is 11.1 Å². The first-order valence-electron chi connectivity index (χ1n) is 14.1. The minimum atomic E-state index is -3.94. The Bertz CT molecular complexity index is 1530. The van der Waals surface area contributed by atoms with Crippen LogP contribution in [0.1, 0.15) is 31.9 Å². The van der Waals surface area contributed by atoms with Crippen LogP contribution in [-0.2, 0) is 16.6 Å². The van der Waals surface area contributed by atoms with Gasteiger partial charge in [0, 0.05) is 37.2 Å². The van der Waals surface area contributed by atoms with E-state index in [0.29, 0.717) is 18.7 Å². The zero-order valence-corrected chi connectivity index (χ0v) is 25.6. The molecule has 0 radical (unpaired) electrons. The highest BCUT2D eigenvalue weighted by Crippen LogP contribution is 2.34. The third-order valence-electron chi connectivity index (χ3n) is 7.39. The van der Waals surface area contributed by atoms with Gasteiger partial charge in [-0.1, -0.05) is 55.2 Å². The summed E-state index contributed by atoms with van der Waals surface area (Å²) in [6.07, 6.45) is -1.16. The zero-order chi connectivity index (χ0) is 30.4. The van der Waals surface area contributed by atoms with Gasteiger partial charge in [0.2, 0.25) is 10.0 Å². The highest BCUT2D eigenvalue weighted by atomic mass is 32.2. The predicted octanol–water partition coefficient (Wildman–Crippen LogP) is 4.00. The van der Waals surface area contributed by atoms with Crippen LogP contribution >= 0.6 is 0 Å². The molecule has 1 aliphatic heterocycles. The minimum Gasteiger partial charge on any atom is -0.497 e. The monoisotopic (exact) mass is 592 g/mol. The van der Waals surface area contributed by atoms with Crippen molar-refractivity contribution in [2.75, 3.05) is 33.9 Å². The summed E-state index contributed by atoms with van der Waals surface area (Å²) in [6, 6.07) is 20.5. The lowest BCUT2D eigenvalue weighted by Crippen LogP contribution is -2.49. The second-order valence-electron chi connectivity index (χ2n) is 11.0. The number of aliphatic hydroxyl groups excluding tert-OH is 2. The summed E-state index contributed by atoms with van der Waals surface area (Å²) < 4.78 is 40.5. The molecule has 0 saturated carbocycles. The number of ether oxygens (including phenoxy) is 2. The van der Waals surface area contributed by atoms with Crippen molar-refractivity contribution >= 4 is 10.0 Å². The molecular weight excluding hydrogens is 552 g/mol. The lowest BCUT2D eigenvalue weighted by atomic mass is 10.0. The Hall–Kier alpha value is -3.39. The maximum Gasteiger partial charge on any atom is 0.247 e. The standard InChI is InChI=1S/C33H40N2O6S/c1-23-19-35(24(2)22-36)42(38,39)33-16-13-26(10-9-25(3)37)17-31(33)41-32(23)21-34(4)20-27-11-14-28(15-12-27)29-7-6-8-30(18-29)40-5/h6-8,11-18,23-25,32,36-37H,19-22H2,1-5H3/t23-,24-,25+,32-/m0/s1. The summed E-state index contributed by atoms with van der Waals surface area (Å²) in [6.45, 7) is 6.37. The number of fused-ring (bicyclic) bond motifs is 1. The maximum absolute atomic E-state index is 13.7. The molecule has 0 fully saturated rings. The molecule has 1 aliphatic rings. The van der Waals surface area contributed by atoms with Gasteiger partial charge in [-0.3, -0.25) is 4.90 Å². The van der Waals surface area contributed by atoms with Gasteiger partial charge in [0.15, 0.2) is 0 Å². The molecule has 42 heavy (non-hydrogen) atoms. The van der Waals surface area contributed by atoms with E-state index in [-0.39, 0.29) is 35.8 Å². The molecule has 8 nitrogen and oxygen atoms in total. The van der Waals surface area contributed by atoms with E-state index < -0.39 is 22.2 Å². The van der Waals surface area contributed by atoms with E-state index >= 15 is 0 Å². The third kappa shape index (κ3) is 7.51. The van der Waals surface area contributed by atoms with Gasteiger partial charge in [-0.25, -0.2) is 8.42 Å². The van der Waals surface area contributed by atoms with Crippen molar-refractivity contribution in [3.05, 3.63) is 77.9 Å². The number of nitrogens with zero attached hydrogens (tertiary/aromatic N) is 2. The van der Waals surface area contributed by atoms with Gasteiger partial charge in [0.1, 0.15) is 28.6 Å². The van der Waals surface area contributed by atoms with Crippen molar-refractivity contribution in [1.82, 2.24) is 9.21 Å². The van der Waals surface area contributed by atoms with E-state index in [4.69, 9.17) is 9.47 Å². The number of hydrogen-bond donors (Lipinski definition) is 2. The fourth-order valence-corrected chi connectivity index (χ4v) is 6.82. The highest BCUT2D eigenvalue weighted by Gasteiger charge is 2.38. The SMILES string of the molecule is COc1cccc(-c2ccc(CN(C)C[C@@H]3Oc4cc(C#C[C@@H](C)O)ccc4S(=O)(=O)N([C@@H](C)CO)C[C@@H]3C)cc2)c1. The summed E-state index contributed by atoms with van der Waals surface area (Å²) in [5.74, 6) is 6.43. The van der Waals surface area contributed by atoms with Crippen LogP contribution in [0.2, 0.25) is 0 Å². The minimum absolute atomic E-state index is 0.0399. The van der Waals surface area contributed by atoms with E-state index in [0.717, 1.165) is 22.4 Å². The van der Waals surface area contributed by atoms with E-state index in [9.17, 15) is 18.6 Å². The van der Waals surface area contributed by atoms with Crippen molar-refractivity contribution in [2.45, 2.75) is 50.5 Å². The Morgan fingerprint density at radius 2 is 1.83 bits per heavy atom. The zero-order valence-electron chi connectivity index (χ0n) is 24.8. The topological polar surface area (TPSA) is 99.5 Å². The molecule has 4 atom stereocenters. The molecule has 2 N–H and O–H groups in total. The number of likely N-dealkylation sites (N-methyl/N-ethyl adjacent to an activating group) is 1. The number of sulfonamides is 1. The fourth-order valence-electron chi connectivity index (χ4n) is 5.00. The predicted molar refractivity (Wildman–Crippen MR) is 164 cm³/mol. The summed E-state index contributed by atoms with van der Waals surface area (Å²) >= 11 is 0. The Balaban J connectivity index is 1.58. The molecule has 0 aromatic heterocycles. The van der Waals surface area contributed by atoms with Crippen molar-refractivity contribution in [3.8, 4) is 34.5 Å². The number of rotatable bonds is 8. The lowest BCUT2D eigenvalue weighted by molar-refractivity contribution is 0.0733. The summed E-state index contributed by atoms with van der Waals surface area (Å²) in [5, 5.41) is 19.5. The van der Waals surface area contributed by atoms with E-state index in [1.807, 2.05) is 32.2 Å². The summed E-state index contributed by atoms with van der Waals surface area (Å²) in [7, 11) is -0.264. The summed E-state index contributed by atoms with van der Waals surface area (Å²) in [5.41, 5.74) is 3.86. The molecule has 0 aliphatic carbocycles. The van der Waals surface area contributed by atoms with Crippen LogP contribution in [-0.4, -0.2) is 79.9 Å². The number of benzene rings is 3. The highest BCUT2D eigenvalue weighted by molar-refractivity contribution is 7.89. The Morgan fingerprint density at radius 1 is 1.10 bits per heavy atom. The van der Waals surface area contributed by atoms with E-state index in [1.54, 1.807) is 33.1 Å². The van der Waals surface area contributed by atoms with Crippen molar-refractivity contribution < 1.29 is 28.1 Å². The van der Waals surface area contributed by atoms with E-state index in [1.165, 1.54) is 10.4 Å². The second-order valence-corrected chi connectivity index (χ2v) is 12.8. The lowest BCUT2D eigenvalue weighted by Gasteiger charge is -2.37. The average Bonchev–Trinajstić information content (AvgIpc) is 2.97. The number of aliphatic hydroxyl groups is 2. The molecule has 9 heteroatoms. The number of methoxy groups -OCH3 is 1. The molecule has 0 bridgehead atoms. The smallest absolute Gasteiger partial charge is 0.247 e. The molecule has 0 amide bonds. The van der Waals surface area contributed by atoms with Gasteiger partial charge >= 0.3 is 0 Å². The molecule has 3 aromatic carbocycles. The number of hydrogen-bond acceptors (Lipinski definition) is 7. The summed E-state index contributed by atoms with van der Waals surface area (Å²) in [4.78, 5) is 2.20. The molecule has 1 heterocycles. The van der Waals surface area contributed by atoms with Gasteiger partial charge in [-0.05, 0) is 67.9 Å². The van der Waals surface area contributed by atoms with Crippen LogP contribution < -0.4 is 9.47 Å². The normalized spacial score (nSPS) is 19.8. The van der Waals surface area contributed by atoms with Crippen LogP contribution in [0.3, 0.4) is 0 Å². The van der Waals surface area contributed by atoms with Gasteiger partial charge in [-0.2, -0.15) is 4.31 Å². The molecule has 3 aromatic rings.